The summed E-state index contributed by atoms with van der Waals surface area (Å²) in [5.41, 5.74) is 0.574. The summed E-state index contributed by atoms with van der Waals surface area (Å²) in [4.78, 5) is 11.6. The standard InChI is InChI=1S/C16H15F3N4/c1-9(11-4-3-5-12(8-11)16(17,18)19)21-15-13-6-7-20-14(13)22-10(2)23-15/h3-9H,1-2H3,(H2,20,21,22,23). The Morgan fingerprint density at radius 1 is 1.17 bits per heavy atom. The quantitative estimate of drug-likeness (QED) is 0.749. The van der Waals surface area contributed by atoms with E-state index < -0.39 is 11.7 Å². The average Bonchev–Trinajstić information content (AvgIpc) is 2.94. The number of rotatable bonds is 3. The molecule has 0 fully saturated rings. The van der Waals surface area contributed by atoms with Gasteiger partial charge in [0.05, 0.1) is 10.9 Å². The van der Waals surface area contributed by atoms with Crippen LogP contribution in [0, 0.1) is 6.92 Å². The van der Waals surface area contributed by atoms with Crippen LogP contribution in [-0.4, -0.2) is 15.0 Å². The molecule has 2 aromatic heterocycles. The molecule has 120 valence electrons. The lowest BCUT2D eigenvalue weighted by atomic mass is 10.0. The largest absolute Gasteiger partial charge is 0.416 e. The van der Waals surface area contributed by atoms with E-state index in [4.69, 9.17) is 0 Å². The summed E-state index contributed by atoms with van der Waals surface area (Å²) in [5.74, 6) is 1.18. The van der Waals surface area contributed by atoms with Gasteiger partial charge in [-0.15, -0.1) is 0 Å². The number of alkyl halides is 3. The van der Waals surface area contributed by atoms with Gasteiger partial charge in [0.25, 0.3) is 0 Å². The molecule has 0 amide bonds. The van der Waals surface area contributed by atoms with Gasteiger partial charge in [-0.3, -0.25) is 0 Å². The van der Waals surface area contributed by atoms with Crippen molar-refractivity contribution in [2.45, 2.75) is 26.1 Å². The van der Waals surface area contributed by atoms with Crippen LogP contribution in [0.15, 0.2) is 36.5 Å². The zero-order valence-electron chi connectivity index (χ0n) is 12.6. The molecule has 1 aromatic carbocycles. The van der Waals surface area contributed by atoms with E-state index in [9.17, 15) is 13.2 Å². The number of halogens is 3. The SMILES string of the molecule is Cc1nc(NC(C)c2cccc(C(F)(F)F)c2)c2cc[nH]c2n1. The second kappa shape index (κ2) is 5.57. The van der Waals surface area contributed by atoms with Gasteiger partial charge in [0, 0.05) is 12.2 Å². The molecule has 1 unspecified atom stereocenters. The molecule has 3 aromatic rings. The Morgan fingerprint density at radius 2 is 1.96 bits per heavy atom. The summed E-state index contributed by atoms with van der Waals surface area (Å²) in [7, 11) is 0. The number of aryl methyl sites for hydroxylation is 1. The van der Waals surface area contributed by atoms with Crippen molar-refractivity contribution < 1.29 is 13.2 Å². The van der Waals surface area contributed by atoms with Crippen LogP contribution >= 0.6 is 0 Å². The Labute approximate surface area is 130 Å². The fourth-order valence-corrected chi connectivity index (χ4v) is 2.44. The third-order valence-electron chi connectivity index (χ3n) is 3.59. The first-order valence-electron chi connectivity index (χ1n) is 7.10. The molecular formula is C16H15F3N4. The summed E-state index contributed by atoms with van der Waals surface area (Å²) in [6.45, 7) is 3.56. The van der Waals surface area contributed by atoms with Crippen molar-refractivity contribution in [1.82, 2.24) is 15.0 Å². The Morgan fingerprint density at radius 3 is 2.70 bits per heavy atom. The van der Waals surface area contributed by atoms with Gasteiger partial charge in [0.1, 0.15) is 17.3 Å². The minimum Gasteiger partial charge on any atom is -0.363 e. The molecule has 23 heavy (non-hydrogen) atoms. The van der Waals surface area contributed by atoms with E-state index in [1.807, 2.05) is 6.07 Å². The van der Waals surface area contributed by atoms with Gasteiger partial charge in [0.15, 0.2) is 0 Å². The molecule has 0 saturated carbocycles. The zero-order valence-corrected chi connectivity index (χ0v) is 12.6. The number of hydrogen-bond donors (Lipinski definition) is 2. The zero-order chi connectivity index (χ0) is 16.6. The van der Waals surface area contributed by atoms with Crippen LogP contribution in [0.3, 0.4) is 0 Å². The van der Waals surface area contributed by atoms with Crippen LogP contribution in [0.5, 0.6) is 0 Å². The van der Waals surface area contributed by atoms with E-state index in [1.54, 1.807) is 26.1 Å². The van der Waals surface area contributed by atoms with E-state index >= 15 is 0 Å². The molecule has 1 atom stereocenters. The molecule has 0 radical (unpaired) electrons. The third kappa shape index (κ3) is 3.13. The number of aromatic nitrogens is 3. The normalized spacial score (nSPS) is 13.3. The van der Waals surface area contributed by atoms with Crippen LogP contribution in [0.4, 0.5) is 19.0 Å². The number of H-pyrrole nitrogens is 1. The molecular weight excluding hydrogens is 305 g/mol. The summed E-state index contributed by atoms with van der Waals surface area (Å²) in [6.07, 6.45) is -2.60. The van der Waals surface area contributed by atoms with Crippen LogP contribution < -0.4 is 5.32 Å². The maximum absolute atomic E-state index is 12.8. The van der Waals surface area contributed by atoms with Crippen molar-refractivity contribution in [1.29, 1.82) is 0 Å². The first-order chi connectivity index (χ1) is 10.8. The number of fused-ring (bicyclic) bond motifs is 1. The van der Waals surface area contributed by atoms with Crippen molar-refractivity contribution in [2.75, 3.05) is 5.32 Å². The molecule has 0 aliphatic heterocycles. The Kier molecular flexibility index (Phi) is 3.71. The van der Waals surface area contributed by atoms with Crippen molar-refractivity contribution in [3.63, 3.8) is 0 Å². The maximum atomic E-state index is 12.8. The number of aromatic amines is 1. The van der Waals surface area contributed by atoms with Crippen molar-refractivity contribution in [3.05, 3.63) is 53.5 Å². The topological polar surface area (TPSA) is 53.6 Å². The lowest BCUT2D eigenvalue weighted by molar-refractivity contribution is -0.137. The molecule has 2 N–H and O–H groups in total. The van der Waals surface area contributed by atoms with E-state index in [0.29, 0.717) is 22.9 Å². The highest BCUT2D eigenvalue weighted by atomic mass is 19.4. The van der Waals surface area contributed by atoms with Gasteiger partial charge in [-0.2, -0.15) is 13.2 Å². The number of nitrogens with one attached hydrogen (secondary N) is 2. The highest BCUT2D eigenvalue weighted by Crippen LogP contribution is 2.31. The maximum Gasteiger partial charge on any atom is 0.416 e. The second-order valence-electron chi connectivity index (χ2n) is 5.35. The lowest BCUT2D eigenvalue weighted by Crippen LogP contribution is -2.11. The number of benzene rings is 1. The fourth-order valence-electron chi connectivity index (χ4n) is 2.44. The minimum absolute atomic E-state index is 0.329. The van der Waals surface area contributed by atoms with Crippen LogP contribution in [-0.2, 0) is 6.18 Å². The molecule has 0 aliphatic carbocycles. The molecule has 0 aliphatic rings. The highest BCUT2D eigenvalue weighted by molar-refractivity contribution is 5.87. The van der Waals surface area contributed by atoms with E-state index in [-0.39, 0.29) is 6.04 Å². The Hall–Kier alpha value is -2.57. The van der Waals surface area contributed by atoms with Gasteiger partial charge in [-0.1, -0.05) is 12.1 Å². The molecule has 0 bridgehead atoms. The predicted molar refractivity (Wildman–Crippen MR) is 82.1 cm³/mol. The Balaban J connectivity index is 1.92. The van der Waals surface area contributed by atoms with Gasteiger partial charge in [-0.25, -0.2) is 9.97 Å². The van der Waals surface area contributed by atoms with E-state index in [0.717, 1.165) is 17.5 Å². The van der Waals surface area contributed by atoms with Gasteiger partial charge in [0.2, 0.25) is 0 Å². The number of anilines is 1. The molecule has 0 spiro atoms. The van der Waals surface area contributed by atoms with Crippen molar-refractivity contribution >= 4 is 16.9 Å². The summed E-state index contributed by atoms with van der Waals surface area (Å²) in [6, 6.07) is 6.79. The molecule has 3 rings (SSSR count). The van der Waals surface area contributed by atoms with Gasteiger partial charge >= 0.3 is 6.18 Å². The minimum atomic E-state index is -4.35. The smallest absolute Gasteiger partial charge is 0.363 e. The van der Waals surface area contributed by atoms with E-state index in [1.165, 1.54) is 6.07 Å². The number of nitrogens with zero attached hydrogens (tertiary/aromatic N) is 2. The van der Waals surface area contributed by atoms with Gasteiger partial charge < -0.3 is 10.3 Å². The second-order valence-corrected chi connectivity index (χ2v) is 5.35. The van der Waals surface area contributed by atoms with E-state index in [2.05, 4.69) is 20.3 Å². The highest BCUT2D eigenvalue weighted by Gasteiger charge is 2.30. The number of hydrogen-bond acceptors (Lipinski definition) is 3. The van der Waals surface area contributed by atoms with Crippen LogP contribution in [0.2, 0.25) is 0 Å². The van der Waals surface area contributed by atoms with Crippen LogP contribution in [0.1, 0.15) is 29.9 Å². The first-order valence-corrected chi connectivity index (χ1v) is 7.10. The summed E-state index contributed by atoms with van der Waals surface area (Å²) >= 11 is 0. The molecule has 4 nitrogen and oxygen atoms in total. The molecule has 0 saturated heterocycles. The monoisotopic (exact) mass is 320 g/mol. The van der Waals surface area contributed by atoms with Crippen LogP contribution in [0.25, 0.3) is 11.0 Å². The third-order valence-corrected chi connectivity index (χ3v) is 3.59. The average molecular weight is 320 g/mol. The first kappa shape index (κ1) is 15.3. The molecule has 2 heterocycles. The predicted octanol–water partition coefficient (Wildman–Crippen LogP) is 4.46. The summed E-state index contributed by atoms with van der Waals surface area (Å²) in [5, 5.41) is 3.97. The lowest BCUT2D eigenvalue weighted by Gasteiger charge is -2.17. The Bertz CT molecular complexity index is 839. The van der Waals surface area contributed by atoms with Gasteiger partial charge in [-0.05, 0) is 37.6 Å². The van der Waals surface area contributed by atoms with Crippen molar-refractivity contribution in [2.24, 2.45) is 0 Å². The fraction of sp³-hybridized carbons (Fsp3) is 0.250. The molecule has 7 heteroatoms. The summed E-state index contributed by atoms with van der Waals surface area (Å²) < 4.78 is 38.5. The van der Waals surface area contributed by atoms with Crippen molar-refractivity contribution in [3.8, 4) is 0 Å².